The van der Waals surface area contributed by atoms with Gasteiger partial charge in [-0.15, -0.1) is 16.8 Å². The van der Waals surface area contributed by atoms with Gasteiger partial charge in [0.05, 0.1) is 12.9 Å². The van der Waals surface area contributed by atoms with E-state index in [9.17, 15) is 4.79 Å². The quantitative estimate of drug-likeness (QED) is 0.479. The van der Waals surface area contributed by atoms with Crippen molar-refractivity contribution in [1.82, 2.24) is 20.1 Å². The van der Waals surface area contributed by atoms with Gasteiger partial charge in [0, 0.05) is 17.8 Å². The first-order valence-corrected chi connectivity index (χ1v) is 9.37. The van der Waals surface area contributed by atoms with Gasteiger partial charge in [0.1, 0.15) is 5.75 Å². The fraction of sp³-hybridized carbons (Fsp3) is 0.150. The fourth-order valence-electron chi connectivity index (χ4n) is 2.47. The highest BCUT2D eigenvalue weighted by Gasteiger charge is 2.17. The third-order valence-corrected chi connectivity index (χ3v) is 4.70. The first kappa shape index (κ1) is 18.7. The maximum absolute atomic E-state index is 11.9. The molecule has 1 heterocycles. The molecule has 1 N–H and O–H groups in total. The number of ether oxygens (including phenoxy) is 1. The smallest absolute Gasteiger partial charge is 0.230 e. The number of methoxy groups -OCH3 is 1. The van der Waals surface area contributed by atoms with E-state index >= 15 is 0 Å². The molecule has 6 nitrogen and oxygen atoms in total. The number of carbonyl (C=O) groups is 1. The number of nitrogens with one attached hydrogen (secondary N) is 1. The molecular formula is C20H20N4O2S. The van der Waals surface area contributed by atoms with E-state index in [2.05, 4.69) is 22.1 Å². The van der Waals surface area contributed by atoms with Crippen molar-refractivity contribution in [3.8, 4) is 22.8 Å². The maximum atomic E-state index is 11.9. The van der Waals surface area contributed by atoms with E-state index < -0.39 is 0 Å². The first-order valence-electron chi connectivity index (χ1n) is 8.38. The summed E-state index contributed by atoms with van der Waals surface area (Å²) in [6.45, 7) is 4.04. The van der Waals surface area contributed by atoms with E-state index in [1.54, 1.807) is 13.2 Å². The molecule has 138 valence electrons. The summed E-state index contributed by atoms with van der Waals surface area (Å²) in [5, 5.41) is 12.1. The highest BCUT2D eigenvalue weighted by atomic mass is 32.2. The number of benzene rings is 2. The molecule has 3 aromatic rings. The van der Waals surface area contributed by atoms with Crippen molar-refractivity contribution in [3.63, 3.8) is 0 Å². The molecule has 0 bridgehead atoms. The normalized spacial score (nSPS) is 10.4. The molecule has 0 atom stereocenters. The molecule has 0 fully saturated rings. The fourth-order valence-corrected chi connectivity index (χ4v) is 3.25. The third kappa shape index (κ3) is 4.57. The Morgan fingerprint density at radius 2 is 1.93 bits per heavy atom. The van der Waals surface area contributed by atoms with Crippen LogP contribution >= 0.6 is 11.8 Å². The molecule has 2 aromatic carbocycles. The third-order valence-electron chi connectivity index (χ3n) is 3.77. The van der Waals surface area contributed by atoms with Crippen LogP contribution in [0.5, 0.6) is 5.75 Å². The van der Waals surface area contributed by atoms with Crippen molar-refractivity contribution in [3.05, 3.63) is 67.3 Å². The summed E-state index contributed by atoms with van der Waals surface area (Å²) in [5.41, 5.74) is 1.84. The van der Waals surface area contributed by atoms with Crippen LogP contribution in [0.1, 0.15) is 0 Å². The highest BCUT2D eigenvalue weighted by molar-refractivity contribution is 7.99. The lowest BCUT2D eigenvalue weighted by atomic mass is 10.2. The van der Waals surface area contributed by atoms with E-state index in [0.717, 1.165) is 17.0 Å². The lowest BCUT2D eigenvalue weighted by Crippen LogP contribution is -2.25. The number of nitrogens with zero attached hydrogens (tertiary/aromatic N) is 3. The Bertz CT molecular complexity index is 907. The van der Waals surface area contributed by atoms with Crippen LogP contribution in [-0.4, -0.2) is 40.1 Å². The van der Waals surface area contributed by atoms with Crippen molar-refractivity contribution in [2.75, 3.05) is 19.4 Å². The molecule has 0 aliphatic heterocycles. The molecule has 1 aromatic heterocycles. The minimum absolute atomic E-state index is 0.0755. The van der Waals surface area contributed by atoms with Crippen LogP contribution in [0.2, 0.25) is 0 Å². The van der Waals surface area contributed by atoms with Gasteiger partial charge in [0.2, 0.25) is 5.91 Å². The maximum Gasteiger partial charge on any atom is 0.230 e. The SMILES string of the molecule is C=CCNC(=O)CSc1nnc(-c2ccc(OC)cc2)n1-c1ccccc1. The number of amides is 1. The molecule has 0 unspecified atom stereocenters. The van der Waals surface area contributed by atoms with Crippen LogP contribution in [-0.2, 0) is 4.79 Å². The zero-order valence-electron chi connectivity index (χ0n) is 15.0. The first-order chi connectivity index (χ1) is 13.2. The average molecular weight is 380 g/mol. The minimum Gasteiger partial charge on any atom is -0.497 e. The van der Waals surface area contributed by atoms with Crippen LogP contribution in [0.4, 0.5) is 0 Å². The largest absolute Gasteiger partial charge is 0.497 e. The summed E-state index contributed by atoms with van der Waals surface area (Å²) in [7, 11) is 1.63. The van der Waals surface area contributed by atoms with Gasteiger partial charge >= 0.3 is 0 Å². The Balaban J connectivity index is 1.93. The van der Waals surface area contributed by atoms with E-state index in [1.165, 1.54) is 11.8 Å². The van der Waals surface area contributed by atoms with Gasteiger partial charge in [-0.25, -0.2) is 0 Å². The standard InChI is InChI=1S/C20H20N4O2S/c1-3-13-21-18(25)14-27-20-23-22-19(15-9-11-17(26-2)12-10-15)24(20)16-7-5-4-6-8-16/h3-12H,1,13-14H2,2H3,(H,21,25). The molecule has 7 heteroatoms. The second-order valence-electron chi connectivity index (χ2n) is 5.59. The van der Waals surface area contributed by atoms with E-state index in [0.29, 0.717) is 17.5 Å². The van der Waals surface area contributed by atoms with Crippen LogP contribution in [0, 0.1) is 0 Å². The average Bonchev–Trinajstić information content (AvgIpc) is 3.15. The Morgan fingerprint density at radius 3 is 2.59 bits per heavy atom. The van der Waals surface area contributed by atoms with Crippen LogP contribution in [0.25, 0.3) is 17.1 Å². The number of thioether (sulfide) groups is 1. The number of rotatable bonds is 8. The van der Waals surface area contributed by atoms with E-state index in [1.807, 2.05) is 59.2 Å². The van der Waals surface area contributed by atoms with Crippen molar-refractivity contribution in [2.24, 2.45) is 0 Å². The molecule has 0 aliphatic carbocycles. The number of aromatic nitrogens is 3. The van der Waals surface area contributed by atoms with Gasteiger partial charge < -0.3 is 10.1 Å². The van der Waals surface area contributed by atoms with Gasteiger partial charge in [0.25, 0.3) is 0 Å². The Labute approximate surface area is 162 Å². The van der Waals surface area contributed by atoms with Crippen molar-refractivity contribution in [2.45, 2.75) is 5.16 Å². The summed E-state index contributed by atoms with van der Waals surface area (Å²) in [6, 6.07) is 17.5. The molecule has 0 saturated heterocycles. The Kier molecular flexibility index (Phi) is 6.27. The number of para-hydroxylation sites is 1. The molecule has 27 heavy (non-hydrogen) atoms. The summed E-state index contributed by atoms with van der Waals surface area (Å²) in [6.07, 6.45) is 1.65. The van der Waals surface area contributed by atoms with Crippen LogP contribution in [0.3, 0.4) is 0 Å². The second-order valence-corrected chi connectivity index (χ2v) is 6.53. The van der Waals surface area contributed by atoms with E-state index in [4.69, 9.17) is 4.74 Å². The molecule has 3 rings (SSSR count). The number of hydrogen-bond acceptors (Lipinski definition) is 5. The molecular weight excluding hydrogens is 360 g/mol. The summed E-state index contributed by atoms with van der Waals surface area (Å²) < 4.78 is 7.18. The second kappa shape index (κ2) is 9.05. The van der Waals surface area contributed by atoms with E-state index in [-0.39, 0.29) is 11.7 Å². The van der Waals surface area contributed by atoms with Crippen molar-refractivity contribution >= 4 is 17.7 Å². The highest BCUT2D eigenvalue weighted by Crippen LogP contribution is 2.28. The van der Waals surface area contributed by atoms with Crippen LogP contribution in [0.15, 0.2) is 72.4 Å². The predicted octanol–water partition coefficient (Wildman–Crippen LogP) is 3.34. The number of hydrogen-bond donors (Lipinski definition) is 1. The molecule has 1 amide bonds. The Morgan fingerprint density at radius 1 is 1.19 bits per heavy atom. The Hall–Kier alpha value is -3.06. The molecule has 0 saturated carbocycles. The number of carbonyl (C=O) groups excluding carboxylic acids is 1. The zero-order valence-corrected chi connectivity index (χ0v) is 15.8. The van der Waals surface area contributed by atoms with Gasteiger partial charge in [-0.1, -0.05) is 36.0 Å². The molecule has 0 aliphatic rings. The predicted molar refractivity (Wildman–Crippen MR) is 107 cm³/mol. The summed E-state index contributed by atoms with van der Waals surface area (Å²) >= 11 is 1.34. The summed E-state index contributed by atoms with van der Waals surface area (Å²) in [4.78, 5) is 11.9. The van der Waals surface area contributed by atoms with Gasteiger partial charge in [-0.3, -0.25) is 9.36 Å². The van der Waals surface area contributed by atoms with Gasteiger partial charge in [-0.2, -0.15) is 0 Å². The molecule has 0 radical (unpaired) electrons. The van der Waals surface area contributed by atoms with Crippen molar-refractivity contribution in [1.29, 1.82) is 0 Å². The lowest BCUT2D eigenvalue weighted by Gasteiger charge is -2.10. The zero-order chi connectivity index (χ0) is 19.1. The monoisotopic (exact) mass is 380 g/mol. The van der Waals surface area contributed by atoms with Gasteiger partial charge in [0.15, 0.2) is 11.0 Å². The van der Waals surface area contributed by atoms with Crippen LogP contribution < -0.4 is 10.1 Å². The van der Waals surface area contributed by atoms with Gasteiger partial charge in [-0.05, 0) is 36.4 Å². The summed E-state index contributed by atoms with van der Waals surface area (Å²) in [5.74, 6) is 1.66. The minimum atomic E-state index is -0.0755. The van der Waals surface area contributed by atoms with Crippen molar-refractivity contribution < 1.29 is 9.53 Å². The lowest BCUT2D eigenvalue weighted by molar-refractivity contribution is -0.118. The topological polar surface area (TPSA) is 69.0 Å². The molecule has 0 spiro atoms.